The molecule has 4 aromatic rings. The highest BCUT2D eigenvalue weighted by molar-refractivity contribution is 8.01. The maximum Gasteiger partial charge on any atom is 0.156 e. The van der Waals surface area contributed by atoms with Crippen LogP contribution in [0, 0.1) is 13.8 Å². The summed E-state index contributed by atoms with van der Waals surface area (Å²) in [4.78, 5) is 5.85. The molecule has 0 saturated carbocycles. The van der Waals surface area contributed by atoms with Crippen LogP contribution in [-0.2, 0) is 0 Å². The van der Waals surface area contributed by atoms with E-state index < -0.39 is 0 Å². The Hall–Kier alpha value is -1.95. The molecule has 0 aliphatic heterocycles. The van der Waals surface area contributed by atoms with Gasteiger partial charge in [0.25, 0.3) is 0 Å². The van der Waals surface area contributed by atoms with Crippen molar-refractivity contribution >= 4 is 40.3 Å². The topological polar surface area (TPSA) is 26.5 Å². The van der Waals surface area contributed by atoms with E-state index in [0.717, 1.165) is 33.9 Å². The number of ether oxygens (including phenoxy) is 1. The minimum Gasteiger partial charge on any atom is -0.497 e. The standard InChI is InChI=1S/C20H17ClN2OS2/c1-12-8-17(21)20-22-13(2)19(23(20)10-12)14-9-18(25-11-14)26-16-6-4-15(24-3)5-7-16/h4-11H,1-3H3. The van der Waals surface area contributed by atoms with Gasteiger partial charge in [0.2, 0.25) is 0 Å². The van der Waals surface area contributed by atoms with Crippen molar-refractivity contribution in [3.05, 3.63) is 64.3 Å². The Labute approximate surface area is 165 Å². The molecule has 3 nitrogen and oxygen atoms in total. The molecule has 26 heavy (non-hydrogen) atoms. The summed E-state index contributed by atoms with van der Waals surface area (Å²) < 4.78 is 8.55. The second-order valence-corrected chi connectivity index (χ2v) is 8.73. The van der Waals surface area contributed by atoms with Crippen LogP contribution in [0.25, 0.3) is 16.9 Å². The monoisotopic (exact) mass is 400 g/mol. The van der Waals surface area contributed by atoms with Gasteiger partial charge >= 0.3 is 0 Å². The van der Waals surface area contributed by atoms with E-state index >= 15 is 0 Å². The van der Waals surface area contributed by atoms with E-state index in [0.29, 0.717) is 5.02 Å². The molecule has 0 N–H and O–H groups in total. The minimum atomic E-state index is 0.683. The van der Waals surface area contributed by atoms with Crippen LogP contribution in [0.1, 0.15) is 11.3 Å². The number of thiophene rings is 1. The number of aryl methyl sites for hydroxylation is 2. The summed E-state index contributed by atoms with van der Waals surface area (Å²) in [5.41, 5.74) is 5.17. The molecule has 0 atom stereocenters. The van der Waals surface area contributed by atoms with Gasteiger partial charge in [-0.25, -0.2) is 4.98 Å². The van der Waals surface area contributed by atoms with E-state index in [9.17, 15) is 0 Å². The zero-order valence-corrected chi connectivity index (χ0v) is 17.0. The van der Waals surface area contributed by atoms with Crippen LogP contribution < -0.4 is 4.74 Å². The summed E-state index contributed by atoms with van der Waals surface area (Å²) in [5, 5.41) is 2.86. The second-order valence-electron chi connectivity index (χ2n) is 6.04. The van der Waals surface area contributed by atoms with Crippen LogP contribution in [-0.4, -0.2) is 16.5 Å². The van der Waals surface area contributed by atoms with Crippen LogP contribution in [0.15, 0.2) is 57.1 Å². The first-order chi connectivity index (χ1) is 12.5. The molecule has 0 saturated heterocycles. The Morgan fingerprint density at radius 2 is 1.92 bits per heavy atom. The molecule has 132 valence electrons. The van der Waals surface area contributed by atoms with Crippen LogP contribution >= 0.6 is 34.7 Å². The zero-order chi connectivity index (χ0) is 18.3. The van der Waals surface area contributed by atoms with E-state index in [-0.39, 0.29) is 0 Å². The summed E-state index contributed by atoms with van der Waals surface area (Å²) in [6.07, 6.45) is 2.09. The molecule has 6 heteroatoms. The van der Waals surface area contributed by atoms with Crippen molar-refractivity contribution in [2.45, 2.75) is 23.0 Å². The Kier molecular flexibility index (Phi) is 4.69. The van der Waals surface area contributed by atoms with E-state index in [4.69, 9.17) is 16.3 Å². The van der Waals surface area contributed by atoms with Crippen LogP contribution in [0.2, 0.25) is 5.02 Å². The molecule has 0 amide bonds. The number of aromatic nitrogens is 2. The molecule has 1 aromatic carbocycles. The number of fused-ring (bicyclic) bond motifs is 1. The van der Waals surface area contributed by atoms with E-state index in [2.05, 4.69) is 39.2 Å². The van der Waals surface area contributed by atoms with Crippen molar-refractivity contribution in [2.75, 3.05) is 7.11 Å². The first-order valence-corrected chi connectivity index (χ1v) is 10.2. The lowest BCUT2D eigenvalue weighted by Crippen LogP contribution is -1.90. The maximum absolute atomic E-state index is 6.38. The van der Waals surface area contributed by atoms with Gasteiger partial charge in [0.15, 0.2) is 5.65 Å². The molecule has 0 aliphatic rings. The quantitative estimate of drug-likeness (QED) is 0.391. The molecule has 0 fully saturated rings. The number of nitrogens with zero attached hydrogens (tertiary/aromatic N) is 2. The fraction of sp³-hybridized carbons (Fsp3) is 0.150. The largest absolute Gasteiger partial charge is 0.497 e. The molecule has 3 aromatic heterocycles. The molecule has 0 bridgehead atoms. The summed E-state index contributed by atoms with van der Waals surface area (Å²) in [7, 11) is 1.68. The predicted octanol–water partition coefficient (Wildman–Crippen LogP) is 6.49. The van der Waals surface area contributed by atoms with Gasteiger partial charge in [-0.1, -0.05) is 23.4 Å². The molecular weight excluding hydrogens is 384 g/mol. The first-order valence-electron chi connectivity index (χ1n) is 8.11. The normalized spacial score (nSPS) is 11.2. The van der Waals surface area contributed by atoms with Crippen molar-refractivity contribution in [3.8, 4) is 17.0 Å². The van der Waals surface area contributed by atoms with Gasteiger partial charge in [0.05, 0.1) is 27.7 Å². The summed E-state index contributed by atoms with van der Waals surface area (Å²) in [5.74, 6) is 0.870. The second kappa shape index (κ2) is 6.99. The molecule has 0 spiro atoms. The fourth-order valence-corrected chi connectivity index (χ4v) is 5.19. The van der Waals surface area contributed by atoms with Crippen molar-refractivity contribution in [1.82, 2.24) is 9.38 Å². The van der Waals surface area contributed by atoms with Gasteiger partial charge < -0.3 is 4.74 Å². The SMILES string of the molecule is COc1ccc(Sc2cc(-c3c(C)nc4c(Cl)cc(C)cn34)cs2)cc1. The van der Waals surface area contributed by atoms with Crippen molar-refractivity contribution < 1.29 is 4.74 Å². The summed E-state index contributed by atoms with van der Waals surface area (Å²) >= 11 is 9.86. The number of halogens is 1. The summed E-state index contributed by atoms with van der Waals surface area (Å²) in [6.45, 7) is 4.07. The molecule has 0 unspecified atom stereocenters. The Morgan fingerprint density at radius 3 is 2.65 bits per heavy atom. The van der Waals surface area contributed by atoms with Gasteiger partial charge in [-0.3, -0.25) is 4.40 Å². The third-order valence-corrected chi connectivity index (χ3v) is 6.48. The number of rotatable bonds is 4. The van der Waals surface area contributed by atoms with Gasteiger partial charge in [0.1, 0.15) is 5.75 Å². The van der Waals surface area contributed by atoms with Crippen LogP contribution in [0.3, 0.4) is 0 Å². The minimum absolute atomic E-state index is 0.683. The molecule has 4 rings (SSSR count). The molecular formula is C20H17ClN2OS2. The highest BCUT2D eigenvalue weighted by Gasteiger charge is 2.15. The van der Waals surface area contributed by atoms with Crippen molar-refractivity contribution in [3.63, 3.8) is 0 Å². The Balaban J connectivity index is 1.69. The number of imidazole rings is 1. The number of methoxy groups -OCH3 is 1. The lowest BCUT2D eigenvalue weighted by Gasteiger charge is -2.03. The van der Waals surface area contributed by atoms with Crippen LogP contribution in [0.4, 0.5) is 0 Å². The zero-order valence-electron chi connectivity index (χ0n) is 14.6. The molecule has 3 heterocycles. The molecule has 0 aliphatic carbocycles. The predicted molar refractivity (Wildman–Crippen MR) is 110 cm³/mol. The van der Waals surface area contributed by atoms with Gasteiger partial charge in [-0.2, -0.15) is 0 Å². The van der Waals surface area contributed by atoms with Crippen LogP contribution in [0.5, 0.6) is 5.75 Å². The Morgan fingerprint density at radius 1 is 1.15 bits per heavy atom. The van der Waals surface area contributed by atoms with Gasteiger partial charge in [-0.15, -0.1) is 11.3 Å². The number of hydrogen-bond acceptors (Lipinski definition) is 4. The number of pyridine rings is 1. The van der Waals surface area contributed by atoms with Gasteiger partial charge in [-0.05, 0) is 55.8 Å². The van der Waals surface area contributed by atoms with Crippen molar-refractivity contribution in [1.29, 1.82) is 0 Å². The molecule has 0 radical (unpaired) electrons. The number of hydrogen-bond donors (Lipinski definition) is 0. The van der Waals surface area contributed by atoms with Crippen molar-refractivity contribution in [2.24, 2.45) is 0 Å². The smallest absolute Gasteiger partial charge is 0.156 e. The number of benzene rings is 1. The third kappa shape index (κ3) is 3.22. The van der Waals surface area contributed by atoms with E-state index in [1.807, 2.05) is 32.0 Å². The highest BCUT2D eigenvalue weighted by atomic mass is 35.5. The maximum atomic E-state index is 6.38. The lowest BCUT2D eigenvalue weighted by atomic mass is 10.2. The third-order valence-electron chi connectivity index (χ3n) is 4.11. The average molecular weight is 401 g/mol. The highest BCUT2D eigenvalue weighted by Crippen LogP contribution is 2.38. The lowest BCUT2D eigenvalue weighted by molar-refractivity contribution is 0.414. The van der Waals surface area contributed by atoms with Gasteiger partial charge in [0, 0.05) is 22.0 Å². The fourth-order valence-electron chi connectivity index (χ4n) is 2.95. The van der Waals surface area contributed by atoms with E-state index in [1.54, 1.807) is 30.2 Å². The average Bonchev–Trinajstić information content (AvgIpc) is 3.19. The van der Waals surface area contributed by atoms with E-state index in [1.165, 1.54) is 9.10 Å². The first kappa shape index (κ1) is 17.5. The Bertz CT molecular complexity index is 1080. The summed E-state index contributed by atoms with van der Waals surface area (Å²) in [6, 6.07) is 12.3.